The number of hydrogen-bond acceptors (Lipinski definition) is 4. The highest BCUT2D eigenvalue weighted by atomic mass is 16.3. The first-order valence-corrected chi connectivity index (χ1v) is 7.35. The van der Waals surface area contributed by atoms with E-state index in [-0.39, 0.29) is 6.10 Å². The molecule has 1 aromatic heterocycles. The third-order valence-corrected chi connectivity index (χ3v) is 4.48. The van der Waals surface area contributed by atoms with Crippen LogP contribution in [0.15, 0.2) is 18.3 Å². The van der Waals surface area contributed by atoms with Gasteiger partial charge in [-0.3, -0.25) is 9.88 Å². The number of hydrogen-bond donors (Lipinski definition) is 2. The van der Waals surface area contributed by atoms with Gasteiger partial charge in [-0.1, -0.05) is 0 Å². The zero-order valence-electron chi connectivity index (χ0n) is 11.5. The van der Waals surface area contributed by atoms with Gasteiger partial charge in [-0.05, 0) is 37.8 Å². The van der Waals surface area contributed by atoms with Crippen molar-refractivity contribution in [3.05, 3.63) is 24.0 Å². The Morgan fingerprint density at radius 2 is 2.32 bits per heavy atom. The number of aliphatic hydroxyl groups is 1. The van der Waals surface area contributed by atoms with Crippen LogP contribution in [0.5, 0.6) is 0 Å². The van der Waals surface area contributed by atoms with E-state index in [1.807, 2.05) is 12.3 Å². The van der Waals surface area contributed by atoms with Crippen LogP contribution in [0, 0.1) is 11.8 Å². The Kier molecular flexibility index (Phi) is 3.71. The number of pyridine rings is 1. The smallest absolute Gasteiger partial charge is 0.0583 e. The van der Waals surface area contributed by atoms with Gasteiger partial charge in [0, 0.05) is 44.0 Å². The molecular formula is C15H23N3O. The molecule has 1 aromatic rings. The molecule has 3 rings (SSSR count). The highest BCUT2D eigenvalue weighted by molar-refractivity contribution is 5.42. The third-order valence-electron chi connectivity index (χ3n) is 4.48. The van der Waals surface area contributed by atoms with Crippen molar-refractivity contribution < 1.29 is 5.11 Å². The zero-order valence-corrected chi connectivity index (χ0v) is 11.5. The standard InChI is InChI=1S/C15H23N3O/c1-2-16-12-5-6-17-13(7-12)9-18-8-11-3-4-15(19)14(11)10-18/h5-7,11,14-15,19H,2-4,8-10H2,1H3,(H,16,17). The lowest BCUT2D eigenvalue weighted by Crippen LogP contribution is -2.24. The van der Waals surface area contributed by atoms with E-state index in [9.17, 15) is 5.11 Å². The lowest BCUT2D eigenvalue weighted by atomic mass is 10.00. The average molecular weight is 261 g/mol. The summed E-state index contributed by atoms with van der Waals surface area (Å²) in [6.45, 7) is 6.08. The second-order valence-corrected chi connectivity index (χ2v) is 5.83. The van der Waals surface area contributed by atoms with Crippen LogP contribution >= 0.6 is 0 Å². The Morgan fingerprint density at radius 1 is 1.42 bits per heavy atom. The molecule has 1 saturated heterocycles. The molecule has 0 bridgehead atoms. The summed E-state index contributed by atoms with van der Waals surface area (Å²) >= 11 is 0. The number of fused-ring (bicyclic) bond motifs is 1. The first-order valence-electron chi connectivity index (χ1n) is 7.35. The Bertz CT molecular complexity index is 437. The third kappa shape index (κ3) is 2.74. The molecule has 0 aromatic carbocycles. The van der Waals surface area contributed by atoms with E-state index in [2.05, 4.69) is 28.2 Å². The van der Waals surface area contributed by atoms with Crippen molar-refractivity contribution in [3.8, 4) is 0 Å². The molecule has 0 amide bonds. The van der Waals surface area contributed by atoms with Gasteiger partial charge in [0.2, 0.25) is 0 Å². The number of nitrogens with zero attached hydrogens (tertiary/aromatic N) is 2. The zero-order chi connectivity index (χ0) is 13.2. The van der Waals surface area contributed by atoms with Gasteiger partial charge in [0.05, 0.1) is 11.8 Å². The summed E-state index contributed by atoms with van der Waals surface area (Å²) in [5, 5.41) is 13.3. The van der Waals surface area contributed by atoms with Crippen molar-refractivity contribution in [2.45, 2.75) is 32.4 Å². The van der Waals surface area contributed by atoms with Gasteiger partial charge in [-0.15, -0.1) is 0 Å². The van der Waals surface area contributed by atoms with Crippen LogP contribution < -0.4 is 5.32 Å². The molecule has 104 valence electrons. The van der Waals surface area contributed by atoms with Crippen molar-refractivity contribution >= 4 is 5.69 Å². The molecule has 19 heavy (non-hydrogen) atoms. The fourth-order valence-electron chi connectivity index (χ4n) is 3.57. The van der Waals surface area contributed by atoms with Gasteiger partial charge in [0.15, 0.2) is 0 Å². The number of nitrogens with one attached hydrogen (secondary N) is 1. The summed E-state index contributed by atoms with van der Waals surface area (Å²) in [4.78, 5) is 6.89. The summed E-state index contributed by atoms with van der Waals surface area (Å²) in [7, 11) is 0. The van der Waals surface area contributed by atoms with E-state index in [0.717, 1.165) is 44.0 Å². The summed E-state index contributed by atoms with van der Waals surface area (Å²) < 4.78 is 0. The molecule has 4 nitrogen and oxygen atoms in total. The van der Waals surface area contributed by atoms with Gasteiger partial charge in [0.1, 0.15) is 0 Å². The predicted molar refractivity (Wildman–Crippen MR) is 75.9 cm³/mol. The summed E-state index contributed by atoms with van der Waals surface area (Å²) in [5.74, 6) is 1.20. The minimum atomic E-state index is -0.0731. The van der Waals surface area contributed by atoms with Crippen molar-refractivity contribution in [1.82, 2.24) is 9.88 Å². The van der Waals surface area contributed by atoms with E-state index in [0.29, 0.717) is 11.8 Å². The predicted octanol–water partition coefficient (Wildman–Crippen LogP) is 1.72. The number of aromatic nitrogens is 1. The molecule has 1 aliphatic carbocycles. The summed E-state index contributed by atoms with van der Waals surface area (Å²) in [5.41, 5.74) is 2.26. The fourth-order valence-corrected chi connectivity index (χ4v) is 3.57. The number of anilines is 1. The lowest BCUT2D eigenvalue weighted by molar-refractivity contribution is 0.123. The Morgan fingerprint density at radius 3 is 3.11 bits per heavy atom. The van der Waals surface area contributed by atoms with Crippen LogP contribution in [0.25, 0.3) is 0 Å². The van der Waals surface area contributed by atoms with E-state index >= 15 is 0 Å². The maximum Gasteiger partial charge on any atom is 0.0583 e. The maximum atomic E-state index is 9.95. The molecule has 2 heterocycles. The van der Waals surface area contributed by atoms with Crippen molar-refractivity contribution in [2.24, 2.45) is 11.8 Å². The normalized spacial score (nSPS) is 30.5. The molecule has 2 N–H and O–H groups in total. The Labute approximate surface area is 114 Å². The Hall–Kier alpha value is -1.13. The molecular weight excluding hydrogens is 238 g/mol. The Balaban J connectivity index is 1.61. The van der Waals surface area contributed by atoms with Crippen LogP contribution in [-0.4, -0.2) is 40.7 Å². The summed E-state index contributed by atoms with van der Waals surface area (Å²) in [6, 6.07) is 4.14. The highest BCUT2D eigenvalue weighted by Gasteiger charge is 2.41. The van der Waals surface area contributed by atoms with Crippen molar-refractivity contribution in [3.63, 3.8) is 0 Å². The van der Waals surface area contributed by atoms with Crippen LogP contribution in [0.1, 0.15) is 25.5 Å². The van der Waals surface area contributed by atoms with Gasteiger partial charge in [0.25, 0.3) is 0 Å². The van der Waals surface area contributed by atoms with Gasteiger partial charge < -0.3 is 10.4 Å². The molecule has 2 fully saturated rings. The monoisotopic (exact) mass is 261 g/mol. The lowest BCUT2D eigenvalue weighted by Gasteiger charge is -2.17. The van der Waals surface area contributed by atoms with Crippen LogP contribution in [-0.2, 0) is 6.54 Å². The second kappa shape index (κ2) is 5.47. The fraction of sp³-hybridized carbons (Fsp3) is 0.667. The maximum absolute atomic E-state index is 9.95. The quantitative estimate of drug-likeness (QED) is 0.866. The van der Waals surface area contributed by atoms with Gasteiger partial charge in [-0.2, -0.15) is 0 Å². The average Bonchev–Trinajstić information content (AvgIpc) is 2.93. The molecule has 3 atom stereocenters. The van der Waals surface area contributed by atoms with Crippen molar-refractivity contribution in [2.75, 3.05) is 25.0 Å². The summed E-state index contributed by atoms with van der Waals surface area (Å²) in [6.07, 6.45) is 3.99. The molecule has 2 aliphatic rings. The SMILES string of the molecule is CCNc1ccnc(CN2CC3CCC(O)C3C2)c1. The van der Waals surface area contributed by atoms with E-state index < -0.39 is 0 Å². The van der Waals surface area contributed by atoms with Crippen molar-refractivity contribution in [1.29, 1.82) is 0 Å². The van der Waals surface area contributed by atoms with Crippen LogP contribution in [0.2, 0.25) is 0 Å². The number of aliphatic hydroxyl groups excluding tert-OH is 1. The molecule has 4 heteroatoms. The topological polar surface area (TPSA) is 48.4 Å². The van der Waals surface area contributed by atoms with Crippen LogP contribution in [0.4, 0.5) is 5.69 Å². The van der Waals surface area contributed by atoms with Crippen LogP contribution in [0.3, 0.4) is 0 Å². The van der Waals surface area contributed by atoms with Gasteiger partial charge in [-0.25, -0.2) is 0 Å². The number of rotatable bonds is 4. The highest BCUT2D eigenvalue weighted by Crippen LogP contribution is 2.38. The molecule has 3 unspecified atom stereocenters. The minimum absolute atomic E-state index is 0.0731. The molecule has 1 aliphatic heterocycles. The van der Waals surface area contributed by atoms with E-state index in [1.54, 1.807) is 0 Å². The van der Waals surface area contributed by atoms with E-state index in [4.69, 9.17) is 0 Å². The molecule has 1 saturated carbocycles. The van der Waals surface area contributed by atoms with E-state index in [1.165, 1.54) is 6.42 Å². The first-order chi connectivity index (χ1) is 9.26. The first kappa shape index (κ1) is 12.9. The molecule has 0 radical (unpaired) electrons. The number of likely N-dealkylation sites (tertiary alicyclic amines) is 1. The largest absolute Gasteiger partial charge is 0.393 e. The minimum Gasteiger partial charge on any atom is -0.393 e. The second-order valence-electron chi connectivity index (χ2n) is 5.83. The van der Waals surface area contributed by atoms with Gasteiger partial charge >= 0.3 is 0 Å². The molecule has 0 spiro atoms.